The SMILES string of the molecule is CC(C(=O)NC1CCCC1)N(CCO)CCO. The van der Waals surface area contributed by atoms with E-state index in [4.69, 9.17) is 10.2 Å². The summed E-state index contributed by atoms with van der Waals surface area (Å²) >= 11 is 0. The van der Waals surface area contributed by atoms with Crippen LogP contribution in [-0.4, -0.2) is 59.4 Å². The molecule has 1 saturated carbocycles. The minimum atomic E-state index is -0.296. The van der Waals surface area contributed by atoms with Gasteiger partial charge < -0.3 is 15.5 Å². The summed E-state index contributed by atoms with van der Waals surface area (Å²) in [5.74, 6) is -0.00111. The van der Waals surface area contributed by atoms with E-state index in [1.54, 1.807) is 4.90 Å². The van der Waals surface area contributed by atoms with Crippen LogP contribution < -0.4 is 5.32 Å². The second kappa shape index (κ2) is 7.63. The largest absolute Gasteiger partial charge is 0.395 e. The van der Waals surface area contributed by atoms with Gasteiger partial charge in [-0.2, -0.15) is 0 Å². The predicted octanol–water partition coefficient (Wildman–Crippen LogP) is -0.280. The Balaban J connectivity index is 2.41. The molecule has 17 heavy (non-hydrogen) atoms. The minimum absolute atomic E-state index is 0.00104. The van der Waals surface area contributed by atoms with Crippen LogP contribution in [0.5, 0.6) is 0 Å². The molecule has 1 aliphatic carbocycles. The van der Waals surface area contributed by atoms with Gasteiger partial charge >= 0.3 is 0 Å². The predicted molar refractivity (Wildman–Crippen MR) is 65.6 cm³/mol. The van der Waals surface area contributed by atoms with Gasteiger partial charge in [0, 0.05) is 19.1 Å². The number of amides is 1. The van der Waals surface area contributed by atoms with E-state index in [-0.39, 0.29) is 25.2 Å². The van der Waals surface area contributed by atoms with E-state index in [1.807, 2.05) is 6.92 Å². The summed E-state index contributed by atoms with van der Waals surface area (Å²) in [5.41, 5.74) is 0. The molecule has 1 fully saturated rings. The molecule has 100 valence electrons. The number of hydrogen-bond donors (Lipinski definition) is 3. The Morgan fingerprint density at radius 2 is 1.82 bits per heavy atom. The maximum atomic E-state index is 12.0. The molecule has 0 saturated heterocycles. The summed E-state index contributed by atoms with van der Waals surface area (Å²) in [5, 5.41) is 20.9. The highest BCUT2D eigenvalue weighted by Gasteiger charge is 2.24. The highest BCUT2D eigenvalue weighted by atomic mass is 16.3. The van der Waals surface area contributed by atoms with Crippen molar-refractivity contribution in [1.82, 2.24) is 10.2 Å². The van der Waals surface area contributed by atoms with Crippen molar-refractivity contribution in [2.24, 2.45) is 0 Å². The molecule has 0 aliphatic heterocycles. The third-order valence-electron chi connectivity index (χ3n) is 3.40. The lowest BCUT2D eigenvalue weighted by Gasteiger charge is -2.27. The van der Waals surface area contributed by atoms with E-state index >= 15 is 0 Å². The number of aliphatic hydroxyl groups excluding tert-OH is 2. The molecule has 0 radical (unpaired) electrons. The van der Waals surface area contributed by atoms with Crippen LogP contribution in [0.3, 0.4) is 0 Å². The van der Waals surface area contributed by atoms with E-state index in [1.165, 1.54) is 12.8 Å². The van der Waals surface area contributed by atoms with E-state index in [2.05, 4.69) is 5.32 Å². The molecule has 1 aliphatic rings. The normalized spacial score (nSPS) is 18.6. The van der Waals surface area contributed by atoms with Crippen LogP contribution in [0.1, 0.15) is 32.6 Å². The summed E-state index contributed by atoms with van der Waals surface area (Å²) in [6, 6.07) is 0.0185. The molecule has 3 N–H and O–H groups in total. The number of carbonyl (C=O) groups excluding carboxylic acids is 1. The molecule has 1 atom stereocenters. The van der Waals surface area contributed by atoms with Crippen molar-refractivity contribution in [2.75, 3.05) is 26.3 Å². The van der Waals surface area contributed by atoms with Gasteiger partial charge in [-0.3, -0.25) is 9.69 Å². The summed E-state index contributed by atoms with van der Waals surface area (Å²) in [6.45, 7) is 2.65. The monoisotopic (exact) mass is 244 g/mol. The summed E-state index contributed by atoms with van der Waals surface area (Å²) < 4.78 is 0. The molecular formula is C12H24N2O3. The first-order chi connectivity index (χ1) is 8.19. The first kappa shape index (κ1) is 14.4. The van der Waals surface area contributed by atoms with Crippen LogP contribution >= 0.6 is 0 Å². The van der Waals surface area contributed by atoms with Gasteiger partial charge in [-0.05, 0) is 19.8 Å². The Labute approximate surface area is 103 Å². The third-order valence-corrected chi connectivity index (χ3v) is 3.40. The lowest BCUT2D eigenvalue weighted by Crippen LogP contribution is -2.49. The van der Waals surface area contributed by atoms with Gasteiger partial charge in [0.2, 0.25) is 5.91 Å². The number of nitrogens with one attached hydrogen (secondary N) is 1. The van der Waals surface area contributed by atoms with E-state index in [9.17, 15) is 4.79 Å². The van der Waals surface area contributed by atoms with Gasteiger partial charge in [-0.1, -0.05) is 12.8 Å². The smallest absolute Gasteiger partial charge is 0.237 e. The number of nitrogens with zero attached hydrogens (tertiary/aromatic N) is 1. The molecular weight excluding hydrogens is 220 g/mol. The summed E-state index contributed by atoms with van der Waals surface area (Å²) in [7, 11) is 0. The van der Waals surface area contributed by atoms with Crippen LogP contribution in [0.25, 0.3) is 0 Å². The minimum Gasteiger partial charge on any atom is -0.395 e. The Hall–Kier alpha value is -0.650. The molecule has 0 aromatic rings. The summed E-state index contributed by atoms with van der Waals surface area (Å²) in [4.78, 5) is 13.8. The van der Waals surface area contributed by atoms with Crippen molar-refractivity contribution in [3.63, 3.8) is 0 Å². The Bertz CT molecular complexity index is 224. The third kappa shape index (κ3) is 4.61. The van der Waals surface area contributed by atoms with E-state index in [0.29, 0.717) is 19.1 Å². The van der Waals surface area contributed by atoms with Crippen molar-refractivity contribution in [3.05, 3.63) is 0 Å². The van der Waals surface area contributed by atoms with Crippen molar-refractivity contribution < 1.29 is 15.0 Å². The van der Waals surface area contributed by atoms with Crippen molar-refractivity contribution in [2.45, 2.75) is 44.7 Å². The Morgan fingerprint density at radius 3 is 2.29 bits per heavy atom. The molecule has 0 bridgehead atoms. The molecule has 0 heterocycles. The molecule has 1 amide bonds. The van der Waals surface area contributed by atoms with Crippen LogP contribution in [0.4, 0.5) is 0 Å². The van der Waals surface area contributed by atoms with E-state index < -0.39 is 0 Å². The van der Waals surface area contributed by atoms with Crippen molar-refractivity contribution in [1.29, 1.82) is 0 Å². The maximum absolute atomic E-state index is 12.0. The number of aliphatic hydroxyl groups is 2. The molecule has 5 heteroatoms. The lowest BCUT2D eigenvalue weighted by atomic mass is 10.2. The average Bonchev–Trinajstić information content (AvgIpc) is 2.80. The van der Waals surface area contributed by atoms with Crippen molar-refractivity contribution in [3.8, 4) is 0 Å². The zero-order valence-corrected chi connectivity index (χ0v) is 10.6. The average molecular weight is 244 g/mol. The summed E-state index contributed by atoms with van der Waals surface area (Å²) in [6.07, 6.45) is 4.52. The van der Waals surface area contributed by atoms with Crippen LogP contribution in [0.15, 0.2) is 0 Å². The molecule has 0 aromatic heterocycles. The van der Waals surface area contributed by atoms with Gasteiger partial charge in [0.05, 0.1) is 19.3 Å². The first-order valence-corrected chi connectivity index (χ1v) is 6.45. The number of carbonyl (C=O) groups is 1. The van der Waals surface area contributed by atoms with Crippen LogP contribution in [0.2, 0.25) is 0 Å². The van der Waals surface area contributed by atoms with E-state index in [0.717, 1.165) is 12.8 Å². The maximum Gasteiger partial charge on any atom is 0.237 e. The Morgan fingerprint density at radius 1 is 1.29 bits per heavy atom. The second-order valence-electron chi connectivity index (χ2n) is 4.65. The standard InChI is InChI=1S/C12H24N2O3/c1-10(14(6-8-15)7-9-16)12(17)13-11-4-2-3-5-11/h10-11,15-16H,2-9H2,1H3,(H,13,17). The second-order valence-corrected chi connectivity index (χ2v) is 4.65. The fraction of sp³-hybridized carbons (Fsp3) is 0.917. The van der Waals surface area contributed by atoms with Gasteiger partial charge in [-0.25, -0.2) is 0 Å². The molecule has 0 spiro atoms. The number of hydrogen-bond acceptors (Lipinski definition) is 4. The Kier molecular flexibility index (Phi) is 6.47. The van der Waals surface area contributed by atoms with Crippen molar-refractivity contribution >= 4 is 5.91 Å². The molecule has 5 nitrogen and oxygen atoms in total. The van der Waals surface area contributed by atoms with Gasteiger partial charge in [0.25, 0.3) is 0 Å². The molecule has 1 rings (SSSR count). The fourth-order valence-electron chi connectivity index (χ4n) is 2.31. The zero-order valence-electron chi connectivity index (χ0n) is 10.6. The topological polar surface area (TPSA) is 72.8 Å². The van der Waals surface area contributed by atoms with Crippen LogP contribution in [-0.2, 0) is 4.79 Å². The molecule has 1 unspecified atom stereocenters. The highest BCUT2D eigenvalue weighted by Crippen LogP contribution is 2.17. The van der Waals surface area contributed by atoms with Gasteiger partial charge in [-0.15, -0.1) is 0 Å². The molecule has 0 aromatic carbocycles. The van der Waals surface area contributed by atoms with Gasteiger partial charge in [0.15, 0.2) is 0 Å². The number of rotatable bonds is 7. The lowest BCUT2D eigenvalue weighted by molar-refractivity contribution is -0.126. The highest BCUT2D eigenvalue weighted by molar-refractivity contribution is 5.81. The van der Waals surface area contributed by atoms with Gasteiger partial charge in [0.1, 0.15) is 0 Å². The zero-order chi connectivity index (χ0) is 12.7. The first-order valence-electron chi connectivity index (χ1n) is 6.45. The quantitative estimate of drug-likeness (QED) is 0.576. The van der Waals surface area contributed by atoms with Crippen LogP contribution in [0, 0.1) is 0 Å². The fourth-order valence-corrected chi connectivity index (χ4v) is 2.31.